The molecule has 0 radical (unpaired) electrons. The normalized spacial score (nSPS) is 17.2. The molecule has 0 saturated heterocycles. The summed E-state index contributed by atoms with van der Waals surface area (Å²) >= 11 is 0. The predicted molar refractivity (Wildman–Crippen MR) is 91.2 cm³/mol. The summed E-state index contributed by atoms with van der Waals surface area (Å²) in [4.78, 5) is 6.20. The van der Waals surface area contributed by atoms with Crippen molar-refractivity contribution in [1.29, 1.82) is 0 Å². The number of benzene rings is 1. The monoisotopic (exact) mass is 309 g/mol. The van der Waals surface area contributed by atoms with Gasteiger partial charge in [0, 0.05) is 13.0 Å². The molecule has 0 saturated carbocycles. The van der Waals surface area contributed by atoms with E-state index in [1.54, 1.807) is 0 Å². The van der Waals surface area contributed by atoms with Gasteiger partial charge in [-0.3, -0.25) is 5.10 Å². The second-order valence-electron chi connectivity index (χ2n) is 6.23. The smallest absolute Gasteiger partial charge is 0.185 e. The minimum Gasteiger partial charge on any atom is -0.384 e. The topological polar surface area (TPSA) is 84.1 Å². The number of likely N-dealkylation sites (N-methyl/N-ethyl adjacent to an activating group) is 1. The minimum absolute atomic E-state index is 0.623. The Kier molecular flexibility index (Phi) is 3.38. The number of nitrogens with one attached hydrogen (secondary N) is 3. The summed E-state index contributed by atoms with van der Waals surface area (Å²) in [5, 5.41) is 11.6. The number of aromatic nitrogens is 3. The number of quaternary nitrogens is 1. The van der Waals surface area contributed by atoms with Gasteiger partial charge in [-0.15, -0.1) is 0 Å². The van der Waals surface area contributed by atoms with Crippen LogP contribution in [0.2, 0.25) is 0 Å². The number of nitrogens with two attached hydrogens (primary N) is 1. The van der Waals surface area contributed by atoms with Crippen molar-refractivity contribution in [2.45, 2.75) is 19.5 Å². The van der Waals surface area contributed by atoms with Crippen molar-refractivity contribution < 1.29 is 4.90 Å². The Labute approximate surface area is 134 Å². The van der Waals surface area contributed by atoms with E-state index in [0.717, 1.165) is 37.3 Å². The number of anilines is 2. The molecule has 2 aromatic heterocycles. The van der Waals surface area contributed by atoms with Crippen LogP contribution in [0.1, 0.15) is 16.7 Å². The number of nitrogen functional groups attached to an aromatic ring is 1. The van der Waals surface area contributed by atoms with Crippen LogP contribution in [0.4, 0.5) is 11.6 Å². The maximum absolute atomic E-state index is 6.06. The quantitative estimate of drug-likeness (QED) is 0.574. The molecule has 118 valence electrons. The fraction of sp³-hybridized carbons (Fsp3) is 0.294. The maximum atomic E-state index is 6.06. The molecule has 0 aliphatic carbocycles. The lowest BCUT2D eigenvalue weighted by Crippen LogP contribution is -3.08. The van der Waals surface area contributed by atoms with Crippen LogP contribution in [0.25, 0.3) is 11.0 Å². The summed E-state index contributed by atoms with van der Waals surface area (Å²) in [7, 11) is 2.22. The van der Waals surface area contributed by atoms with Gasteiger partial charge in [-0.25, -0.2) is 4.98 Å². The van der Waals surface area contributed by atoms with E-state index < -0.39 is 0 Å². The van der Waals surface area contributed by atoms with Gasteiger partial charge in [0.25, 0.3) is 0 Å². The predicted octanol–water partition coefficient (Wildman–Crippen LogP) is 0.723. The average Bonchev–Trinajstić information content (AvgIpc) is 2.94. The lowest BCUT2D eigenvalue weighted by Gasteiger charge is -2.25. The highest BCUT2D eigenvalue weighted by Gasteiger charge is 2.25. The van der Waals surface area contributed by atoms with Gasteiger partial charge in [-0.2, -0.15) is 5.10 Å². The number of H-pyrrole nitrogens is 1. The molecule has 6 nitrogen and oxygen atoms in total. The van der Waals surface area contributed by atoms with Crippen LogP contribution < -0.4 is 16.0 Å². The Morgan fingerprint density at radius 2 is 2.09 bits per heavy atom. The molecule has 1 unspecified atom stereocenters. The molecule has 3 heterocycles. The summed E-state index contributed by atoms with van der Waals surface area (Å²) in [6, 6.07) is 10.4. The van der Waals surface area contributed by atoms with Crippen molar-refractivity contribution in [3.8, 4) is 0 Å². The summed E-state index contributed by atoms with van der Waals surface area (Å²) in [6.07, 6.45) is 1.00. The Bertz CT molecular complexity index is 839. The molecule has 3 aromatic rings. The number of pyridine rings is 1. The largest absolute Gasteiger partial charge is 0.384 e. The SMILES string of the molecule is C[NH+]1CCc2c(c(NCc3ccccc3)nc3n[nH]c(N)c23)C1. The molecule has 0 spiro atoms. The van der Waals surface area contributed by atoms with Gasteiger partial charge in [0.15, 0.2) is 5.65 Å². The van der Waals surface area contributed by atoms with Crippen LogP contribution >= 0.6 is 0 Å². The number of fused-ring (bicyclic) bond motifs is 3. The Balaban J connectivity index is 1.75. The Morgan fingerprint density at radius 1 is 1.26 bits per heavy atom. The molecular weight excluding hydrogens is 288 g/mol. The fourth-order valence-electron chi connectivity index (χ4n) is 3.31. The van der Waals surface area contributed by atoms with Crippen molar-refractivity contribution in [3.63, 3.8) is 0 Å². The van der Waals surface area contributed by atoms with Crippen LogP contribution in [0.5, 0.6) is 0 Å². The van der Waals surface area contributed by atoms with Gasteiger partial charge in [0.1, 0.15) is 18.2 Å². The van der Waals surface area contributed by atoms with Crippen LogP contribution in [-0.4, -0.2) is 28.8 Å². The lowest BCUT2D eigenvalue weighted by atomic mass is 9.97. The zero-order valence-electron chi connectivity index (χ0n) is 13.2. The molecule has 1 aromatic carbocycles. The molecule has 0 fully saturated rings. The van der Waals surface area contributed by atoms with Gasteiger partial charge in [-0.1, -0.05) is 30.3 Å². The third-order valence-electron chi connectivity index (χ3n) is 4.53. The molecule has 4 rings (SSSR count). The number of aromatic amines is 1. The minimum atomic E-state index is 0.623. The number of hydrogen-bond acceptors (Lipinski definition) is 4. The van der Waals surface area contributed by atoms with E-state index in [9.17, 15) is 0 Å². The van der Waals surface area contributed by atoms with E-state index in [1.807, 2.05) is 6.07 Å². The van der Waals surface area contributed by atoms with Gasteiger partial charge in [0.05, 0.1) is 24.5 Å². The molecule has 5 N–H and O–H groups in total. The van der Waals surface area contributed by atoms with Crippen LogP contribution in [0.3, 0.4) is 0 Å². The van der Waals surface area contributed by atoms with Crippen molar-refractivity contribution in [3.05, 3.63) is 47.0 Å². The van der Waals surface area contributed by atoms with Crippen molar-refractivity contribution in [2.24, 2.45) is 0 Å². The van der Waals surface area contributed by atoms with E-state index >= 15 is 0 Å². The molecule has 1 aliphatic heterocycles. The Morgan fingerprint density at radius 3 is 2.91 bits per heavy atom. The van der Waals surface area contributed by atoms with Gasteiger partial charge >= 0.3 is 0 Å². The highest BCUT2D eigenvalue weighted by atomic mass is 15.2. The second-order valence-corrected chi connectivity index (χ2v) is 6.23. The molecular formula is C17H21N6+. The second kappa shape index (κ2) is 5.55. The van der Waals surface area contributed by atoms with E-state index in [0.29, 0.717) is 11.5 Å². The summed E-state index contributed by atoms with van der Waals surface area (Å²) in [6.45, 7) is 2.82. The van der Waals surface area contributed by atoms with E-state index in [2.05, 4.69) is 46.8 Å². The molecule has 0 amide bonds. The molecule has 1 atom stereocenters. The number of rotatable bonds is 3. The van der Waals surface area contributed by atoms with Gasteiger partial charge in [-0.05, 0) is 11.1 Å². The van der Waals surface area contributed by atoms with E-state index in [1.165, 1.54) is 21.6 Å². The van der Waals surface area contributed by atoms with Gasteiger partial charge in [0.2, 0.25) is 0 Å². The van der Waals surface area contributed by atoms with Crippen molar-refractivity contribution in [2.75, 3.05) is 24.6 Å². The number of nitrogens with zero attached hydrogens (tertiary/aromatic N) is 2. The zero-order valence-corrected chi connectivity index (χ0v) is 13.2. The van der Waals surface area contributed by atoms with Crippen LogP contribution in [-0.2, 0) is 19.5 Å². The first-order valence-electron chi connectivity index (χ1n) is 7.97. The summed E-state index contributed by atoms with van der Waals surface area (Å²) < 4.78 is 0. The Hall–Kier alpha value is -2.60. The maximum Gasteiger partial charge on any atom is 0.185 e. The van der Waals surface area contributed by atoms with Crippen LogP contribution in [0, 0.1) is 0 Å². The number of hydrogen-bond donors (Lipinski definition) is 4. The highest BCUT2D eigenvalue weighted by Crippen LogP contribution is 2.30. The summed E-state index contributed by atoms with van der Waals surface area (Å²) in [5.41, 5.74) is 10.6. The van der Waals surface area contributed by atoms with Crippen LogP contribution in [0.15, 0.2) is 30.3 Å². The third-order valence-corrected chi connectivity index (χ3v) is 4.53. The first-order chi connectivity index (χ1) is 11.2. The van der Waals surface area contributed by atoms with Gasteiger partial charge < -0.3 is 16.0 Å². The lowest BCUT2D eigenvalue weighted by molar-refractivity contribution is -0.895. The fourth-order valence-corrected chi connectivity index (χ4v) is 3.31. The van der Waals surface area contributed by atoms with E-state index in [4.69, 9.17) is 10.7 Å². The average molecular weight is 309 g/mol. The first-order valence-corrected chi connectivity index (χ1v) is 7.97. The molecule has 23 heavy (non-hydrogen) atoms. The molecule has 1 aliphatic rings. The summed E-state index contributed by atoms with van der Waals surface area (Å²) in [5.74, 6) is 1.56. The zero-order chi connectivity index (χ0) is 15.8. The molecule has 0 bridgehead atoms. The highest BCUT2D eigenvalue weighted by molar-refractivity contribution is 5.92. The van der Waals surface area contributed by atoms with Crippen molar-refractivity contribution in [1.82, 2.24) is 15.2 Å². The van der Waals surface area contributed by atoms with Crippen molar-refractivity contribution >= 4 is 22.7 Å². The standard InChI is InChI=1S/C17H20N6/c1-23-8-7-12-13(10-23)16(19-9-11-5-3-2-4-6-11)20-17-14(12)15(18)21-22-17/h2-6H,7-10H2,1H3,(H4,18,19,20,21,22)/p+1. The van der Waals surface area contributed by atoms with E-state index in [-0.39, 0.29) is 0 Å². The third kappa shape index (κ3) is 2.51. The molecule has 6 heteroatoms. The first kappa shape index (κ1) is 14.0.